The lowest BCUT2D eigenvalue weighted by Gasteiger charge is -2.33. The zero-order valence-electron chi connectivity index (χ0n) is 22.8. The van der Waals surface area contributed by atoms with Crippen LogP contribution < -0.4 is 20.4 Å². The van der Waals surface area contributed by atoms with Gasteiger partial charge in [0.25, 0.3) is 0 Å². The van der Waals surface area contributed by atoms with Gasteiger partial charge in [-0.05, 0) is 95.8 Å². The largest absolute Gasteiger partial charge is 0.508 e. The Morgan fingerprint density at radius 2 is 1.26 bits per heavy atom. The van der Waals surface area contributed by atoms with Crippen LogP contribution in [-0.2, 0) is 0 Å². The van der Waals surface area contributed by atoms with Crippen LogP contribution in [0.4, 0.5) is 0 Å². The molecule has 0 saturated carbocycles. The number of benzene rings is 4. The van der Waals surface area contributed by atoms with Gasteiger partial charge in [0.1, 0.15) is 23.1 Å². The number of hydrogen-bond donors (Lipinski definition) is 4. The van der Waals surface area contributed by atoms with E-state index in [2.05, 4.69) is 45.5 Å². The van der Waals surface area contributed by atoms with Crippen molar-refractivity contribution in [3.63, 3.8) is 0 Å². The molecule has 0 fully saturated rings. The third-order valence-electron chi connectivity index (χ3n) is 6.10. The fraction of sp³-hybridized carbons (Fsp3) is 0.258. The van der Waals surface area contributed by atoms with E-state index in [1.54, 1.807) is 30.3 Å². The molecule has 0 atom stereocenters. The van der Waals surface area contributed by atoms with Crippen LogP contribution in [0.15, 0.2) is 89.7 Å². The molecule has 0 amide bonds. The van der Waals surface area contributed by atoms with Crippen LogP contribution in [0, 0.1) is 5.41 Å². The number of ether oxygens (including phenoxy) is 1. The van der Waals surface area contributed by atoms with Gasteiger partial charge in [-0.1, -0.05) is 45.0 Å². The van der Waals surface area contributed by atoms with Gasteiger partial charge in [-0.2, -0.15) is 0 Å². The lowest BCUT2D eigenvalue weighted by molar-refractivity contribution is -0.133. The summed E-state index contributed by atoms with van der Waals surface area (Å²) in [4.78, 5) is 11.1. The molecule has 4 aromatic rings. The summed E-state index contributed by atoms with van der Waals surface area (Å²) in [5, 5.41) is 24.6. The van der Waals surface area contributed by atoms with E-state index in [0.717, 1.165) is 28.0 Å². The summed E-state index contributed by atoms with van der Waals surface area (Å²) in [5.74, 6) is 2.63. The minimum atomic E-state index is -0.346. The quantitative estimate of drug-likeness (QED) is 0.226. The fourth-order valence-corrected chi connectivity index (χ4v) is 5.01. The van der Waals surface area contributed by atoms with E-state index in [1.165, 1.54) is 5.28 Å². The van der Waals surface area contributed by atoms with Crippen LogP contribution in [0.1, 0.15) is 41.0 Å². The molecule has 4 N–H and O–H groups in total. The first-order valence-corrected chi connectivity index (χ1v) is 12.9. The molecule has 0 saturated heterocycles. The molecule has 0 aromatic heterocycles. The first-order valence-electron chi connectivity index (χ1n) is 12.9. The first-order chi connectivity index (χ1) is 18.4. The summed E-state index contributed by atoms with van der Waals surface area (Å²) in [6, 6.07) is 21.6. The van der Waals surface area contributed by atoms with Crippen LogP contribution >= 0.6 is 0 Å². The number of rotatable bonds is 6. The number of nitrogens with zero attached hydrogens (tertiary/aromatic N) is 2. The number of hydrogen-bond acceptors (Lipinski definition) is 7. The Hall–Kier alpha value is -4.43. The van der Waals surface area contributed by atoms with Gasteiger partial charge < -0.3 is 19.8 Å². The van der Waals surface area contributed by atoms with Gasteiger partial charge in [0.2, 0.25) is 5.88 Å². The number of aliphatic imine (C=N–C) groups is 1. The molecule has 0 spiro atoms. The lowest BCUT2D eigenvalue weighted by Crippen LogP contribution is -2.56. The summed E-state index contributed by atoms with van der Waals surface area (Å²) in [6.45, 7) is 10.8. The molecule has 0 unspecified atom stereocenters. The summed E-state index contributed by atoms with van der Waals surface area (Å²) >= 11 is 0. The van der Waals surface area contributed by atoms with Crippen molar-refractivity contribution >= 4 is 27.4 Å². The van der Waals surface area contributed by atoms with Crippen LogP contribution in [0.2, 0.25) is 0 Å². The maximum absolute atomic E-state index is 9.77. The molecule has 4 aromatic carbocycles. The Balaban J connectivity index is 1.43. The smallest absolute Gasteiger partial charge is 0.215 e. The maximum Gasteiger partial charge on any atom is 0.215 e. The monoisotopic (exact) mass is 526 g/mol. The first kappa shape index (κ1) is 26.2. The average molecular weight is 527 g/mol. The number of phenolic OH excluding ortho intramolecular Hbond substituents is 2. The summed E-state index contributed by atoms with van der Waals surface area (Å²) in [6.07, 6.45) is 2.67. The van der Waals surface area contributed by atoms with Gasteiger partial charge in [-0.25, -0.2) is 5.43 Å². The molecular weight excluding hydrogens is 492 g/mol. The predicted molar refractivity (Wildman–Crippen MR) is 154 cm³/mol. The molecule has 8 nitrogen and oxygen atoms in total. The minimum absolute atomic E-state index is 0.0960. The summed E-state index contributed by atoms with van der Waals surface area (Å²) in [5.41, 5.74) is 6.04. The molecule has 0 radical (unpaired) electrons. The minimum Gasteiger partial charge on any atom is -0.508 e. The highest BCUT2D eigenvalue weighted by Crippen LogP contribution is 2.30. The van der Waals surface area contributed by atoms with Crippen LogP contribution in [-0.4, -0.2) is 26.9 Å². The maximum atomic E-state index is 9.77. The second-order valence-electron chi connectivity index (χ2n) is 11.7. The van der Waals surface area contributed by atoms with Crippen molar-refractivity contribution in [2.45, 2.75) is 46.6 Å². The highest BCUT2D eigenvalue weighted by Gasteiger charge is 2.27. The standard InChI is InChI=1S/C31H34N4O4/c1-30(2,3)19-31(4,5)32-28-18-29(38-26-12-8-20-14-24(36)10-6-22(20)16-26)34-35(33-28)39-27-13-9-21-15-25(37)11-7-23(21)17-27/h6-18,34,36-37H,19H2,1-5H3,(H,32,33). The van der Waals surface area contributed by atoms with Crippen LogP contribution in [0.5, 0.6) is 23.0 Å². The Kier molecular flexibility index (Phi) is 6.74. The third-order valence-corrected chi connectivity index (χ3v) is 6.10. The van der Waals surface area contributed by atoms with Crippen molar-refractivity contribution in [1.82, 2.24) is 16.1 Å². The zero-order chi connectivity index (χ0) is 27.8. The summed E-state index contributed by atoms with van der Waals surface area (Å²) < 4.78 is 6.21. The van der Waals surface area contributed by atoms with Crippen molar-refractivity contribution in [2.24, 2.45) is 10.4 Å². The molecule has 39 heavy (non-hydrogen) atoms. The molecule has 0 bridgehead atoms. The number of amidine groups is 1. The van der Waals surface area contributed by atoms with Gasteiger partial charge in [0.05, 0.1) is 5.54 Å². The molecule has 5 rings (SSSR count). The lowest BCUT2D eigenvalue weighted by atomic mass is 9.82. The van der Waals surface area contributed by atoms with Crippen LogP contribution in [0.25, 0.3) is 21.5 Å². The van der Waals surface area contributed by atoms with E-state index < -0.39 is 0 Å². The van der Waals surface area contributed by atoms with Crippen molar-refractivity contribution in [3.8, 4) is 23.0 Å². The van der Waals surface area contributed by atoms with E-state index in [4.69, 9.17) is 14.6 Å². The number of aromatic hydroxyl groups is 2. The number of phenols is 2. The fourth-order valence-electron chi connectivity index (χ4n) is 5.01. The zero-order valence-corrected chi connectivity index (χ0v) is 22.8. The number of fused-ring (bicyclic) bond motifs is 2. The van der Waals surface area contributed by atoms with Crippen LogP contribution in [0.3, 0.4) is 0 Å². The SMILES string of the molecule is CC(C)(C)CC(C)(C)N=C1C=C(Oc2ccc3cc(O)ccc3c2)NN(Oc2ccc3cc(O)ccc3c2)N1. The Labute approximate surface area is 228 Å². The molecule has 8 heteroatoms. The van der Waals surface area contributed by atoms with E-state index in [9.17, 15) is 10.2 Å². The van der Waals surface area contributed by atoms with Gasteiger partial charge >= 0.3 is 0 Å². The highest BCUT2D eigenvalue weighted by molar-refractivity contribution is 5.94. The van der Waals surface area contributed by atoms with E-state index in [1.807, 2.05) is 48.5 Å². The molecule has 1 heterocycles. The Morgan fingerprint density at radius 3 is 1.87 bits per heavy atom. The molecule has 202 valence electrons. The van der Waals surface area contributed by atoms with Gasteiger partial charge in [-0.15, -0.1) is 0 Å². The van der Waals surface area contributed by atoms with Gasteiger partial charge in [-0.3, -0.25) is 10.4 Å². The predicted octanol–water partition coefficient (Wildman–Crippen LogP) is 6.56. The van der Waals surface area contributed by atoms with Crippen molar-refractivity contribution < 1.29 is 19.8 Å². The van der Waals surface area contributed by atoms with Crippen molar-refractivity contribution in [1.29, 1.82) is 0 Å². The molecule has 1 aliphatic rings. The third kappa shape index (κ3) is 6.72. The van der Waals surface area contributed by atoms with E-state index in [0.29, 0.717) is 23.2 Å². The van der Waals surface area contributed by atoms with Gasteiger partial charge in [0.15, 0.2) is 5.75 Å². The normalized spacial score (nSPS) is 15.6. The van der Waals surface area contributed by atoms with E-state index >= 15 is 0 Å². The second kappa shape index (κ2) is 10.0. The second-order valence-corrected chi connectivity index (χ2v) is 11.7. The van der Waals surface area contributed by atoms with E-state index in [-0.39, 0.29) is 22.5 Å². The molecular formula is C31H34N4O4. The Bertz CT molecular complexity index is 1590. The topological polar surface area (TPSA) is 98.6 Å². The van der Waals surface area contributed by atoms with Gasteiger partial charge in [0, 0.05) is 11.4 Å². The highest BCUT2D eigenvalue weighted by atomic mass is 16.7. The molecule has 0 aliphatic carbocycles. The molecule has 1 aliphatic heterocycles. The summed E-state index contributed by atoms with van der Waals surface area (Å²) in [7, 11) is 0. The Morgan fingerprint density at radius 1 is 0.718 bits per heavy atom. The van der Waals surface area contributed by atoms with Crippen molar-refractivity contribution in [3.05, 3.63) is 84.8 Å². The number of hydrazine groups is 2. The number of nitrogens with one attached hydrogen (secondary N) is 2. The average Bonchev–Trinajstić information content (AvgIpc) is 2.82. The van der Waals surface area contributed by atoms with Crippen molar-refractivity contribution in [2.75, 3.05) is 0 Å².